The summed E-state index contributed by atoms with van der Waals surface area (Å²) in [6, 6.07) is 12.6. The van der Waals surface area contributed by atoms with Gasteiger partial charge in [-0.2, -0.15) is 0 Å². The van der Waals surface area contributed by atoms with E-state index in [0.717, 1.165) is 11.3 Å². The average Bonchev–Trinajstić information content (AvgIpc) is 2.92. The van der Waals surface area contributed by atoms with Crippen LogP contribution in [0, 0.1) is 10.1 Å². The smallest absolute Gasteiger partial charge is 0.270 e. The molecule has 0 amide bonds. The van der Waals surface area contributed by atoms with E-state index in [-0.39, 0.29) is 11.4 Å². The Labute approximate surface area is 195 Å². The molecular weight excluding hydrogens is 440 g/mol. The lowest BCUT2D eigenvalue weighted by Crippen LogP contribution is -2.59. The Kier molecular flexibility index (Phi) is 6.70. The lowest BCUT2D eigenvalue weighted by Gasteiger charge is -2.47. The van der Waals surface area contributed by atoms with Crippen molar-refractivity contribution < 1.29 is 18.1 Å². The van der Waals surface area contributed by atoms with Crippen LogP contribution in [0.3, 0.4) is 0 Å². The number of fused-ring (bicyclic) bond motifs is 2. The minimum atomic E-state index is -3.08. The van der Waals surface area contributed by atoms with Crippen LogP contribution in [0.15, 0.2) is 61.2 Å². The molecule has 1 atom stereocenters. The van der Waals surface area contributed by atoms with Gasteiger partial charge in [0.05, 0.1) is 16.1 Å². The first-order valence-electron chi connectivity index (χ1n) is 10.8. The first-order chi connectivity index (χ1) is 15.5. The molecule has 4 rings (SSSR count). The molecule has 2 aliphatic rings. The molecule has 0 N–H and O–H groups in total. The van der Waals surface area contributed by atoms with Crippen molar-refractivity contribution >= 4 is 27.3 Å². The normalized spacial score (nSPS) is 19.7. The first-order valence-corrected chi connectivity index (χ1v) is 12.8. The second kappa shape index (κ2) is 9.02. The second-order valence-corrected chi connectivity index (χ2v) is 11.1. The van der Waals surface area contributed by atoms with Crippen LogP contribution in [0.2, 0.25) is 0 Å². The fourth-order valence-electron chi connectivity index (χ4n) is 4.48. The van der Waals surface area contributed by atoms with E-state index in [9.17, 15) is 18.5 Å². The maximum Gasteiger partial charge on any atom is 0.270 e. The molecule has 8 heteroatoms. The number of anilines is 1. The predicted octanol–water partition coefficient (Wildman–Crippen LogP) is 5.12. The third-order valence-electron chi connectivity index (χ3n) is 6.02. The lowest BCUT2D eigenvalue weighted by atomic mass is 9.76. The number of benzene rings is 2. The molecule has 0 saturated carbocycles. The highest BCUT2D eigenvalue weighted by molar-refractivity contribution is 7.90. The molecule has 33 heavy (non-hydrogen) atoms. The third-order valence-corrected chi connectivity index (χ3v) is 7.05. The lowest BCUT2D eigenvalue weighted by molar-refractivity contribution is -0.384. The van der Waals surface area contributed by atoms with Crippen molar-refractivity contribution in [2.24, 2.45) is 0 Å². The summed E-state index contributed by atoms with van der Waals surface area (Å²) in [5, 5.41) is 11.1. The Balaban J connectivity index is 0.000000968. The van der Waals surface area contributed by atoms with Crippen molar-refractivity contribution in [1.82, 2.24) is 0 Å². The van der Waals surface area contributed by atoms with Gasteiger partial charge in [0.25, 0.3) is 5.69 Å². The van der Waals surface area contributed by atoms with Gasteiger partial charge in [-0.3, -0.25) is 10.1 Å². The predicted molar refractivity (Wildman–Crippen MR) is 133 cm³/mol. The Morgan fingerprint density at radius 2 is 1.88 bits per heavy atom. The number of nitro benzene ring substituents is 1. The number of nitro groups is 1. The summed E-state index contributed by atoms with van der Waals surface area (Å²) >= 11 is 0. The van der Waals surface area contributed by atoms with E-state index in [0.29, 0.717) is 24.3 Å². The molecule has 7 nitrogen and oxygen atoms in total. The van der Waals surface area contributed by atoms with Crippen LogP contribution in [0.1, 0.15) is 38.3 Å². The van der Waals surface area contributed by atoms with Crippen LogP contribution >= 0.6 is 0 Å². The van der Waals surface area contributed by atoms with Crippen molar-refractivity contribution in [3.8, 4) is 5.75 Å². The monoisotopic (exact) mass is 470 g/mol. The average molecular weight is 471 g/mol. The van der Waals surface area contributed by atoms with Crippen LogP contribution in [0.4, 0.5) is 11.4 Å². The molecule has 2 aliphatic heterocycles. The molecule has 2 aromatic rings. The van der Waals surface area contributed by atoms with Gasteiger partial charge in [0.15, 0.2) is 0 Å². The van der Waals surface area contributed by atoms with Crippen molar-refractivity contribution in [3.05, 3.63) is 82.4 Å². The van der Waals surface area contributed by atoms with Gasteiger partial charge in [-0.25, -0.2) is 8.42 Å². The molecule has 2 aromatic carbocycles. The number of non-ortho nitro benzene ring substituents is 1. The van der Waals surface area contributed by atoms with Gasteiger partial charge in [0.2, 0.25) is 5.72 Å². The summed E-state index contributed by atoms with van der Waals surface area (Å²) in [4.78, 5) is 12.8. The van der Waals surface area contributed by atoms with E-state index in [1.54, 1.807) is 12.1 Å². The Bertz CT molecular complexity index is 1200. The highest BCUT2D eigenvalue weighted by atomic mass is 32.2. The molecular formula is C25H30N2O5S. The molecule has 1 unspecified atom stereocenters. The number of para-hydroxylation sites is 1. The highest BCUT2D eigenvalue weighted by Crippen LogP contribution is 2.55. The minimum Gasteiger partial charge on any atom is -0.463 e. The molecule has 0 aliphatic carbocycles. The quantitative estimate of drug-likeness (QED) is 0.342. The number of ether oxygens (including phenoxy) is 1. The van der Waals surface area contributed by atoms with Crippen LogP contribution in [0.5, 0.6) is 5.75 Å². The first kappa shape index (κ1) is 24.5. The van der Waals surface area contributed by atoms with Gasteiger partial charge >= 0.3 is 0 Å². The Hall–Kier alpha value is -3.13. The summed E-state index contributed by atoms with van der Waals surface area (Å²) in [6.07, 6.45) is 7.27. The molecule has 0 radical (unpaired) electrons. The number of sulfone groups is 1. The van der Waals surface area contributed by atoms with Crippen LogP contribution in [-0.2, 0) is 15.3 Å². The Morgan fingerprint density at radius 1 is 1.21 bits per heavy atom. The zero-order valence-corrected chi connectivity index (χ0v) is 20.3. The summed E-state index contributed by atoms with van der Waals surface area (Å²) in [5.74, 6) is 0.659. The highest BCUT2D eigenvalue weighted by Gasteiger charge is 2.58. The number of hydrogen-bond donors (Lipinski definition) is 0. The van der Waals surface area contributed by atoms with Gasteiger partial charge in [0, 0.05) is 36.2 Å². The molecule has 0 bridgehead atoms. The number of nitrogens with zero attached hydrogens (tertiary/aromatic N) is 2. The zero-order chi connectivity index (χ0) is 24.4. The van der Waals surface area contributed by atoms with E-state index < -0.39 is 25.9 Å². The van der Waals surface area contributed by atoms with E-state index >= 15 is 0 Å². The molecule has 0 saturated heterocycles. The molecule has 0 fully saturated rings. The maximum absolute atomic E-state index is 11.7. The molecule has 2 heterocycles. The number of rotatable bonds is 5. The summed E-state index contributed by atoms with van der Waals surface area (Å²) < 4.78 is 29.9. The van der Waals surface area contributed by atoms with Gasteiger partial charge in [-0.15, -0.1) is 6.58 Å². The van der Waals surface area contributed by atoms with Gasteiger partial charge in [-0.05, 0) is 57.0 Å². The van der Waals surface area contributed by atoms with E-state index in [1.165, 1.54) is 18.4 Å². The third kappa shape index (κ3) is 4.53. The molecule has 1 spiro atoms. The molecule has 0 aromatic heterocycles. The van der Waals surface area contributed by atoms with Crippen molar-refractivity contribution in [3.63, 3.8) is 0 Å². The standard InChI is InChI=1S/C22H24N2O5S.C3H6/c1-21(2)18-7-4-5-8-19(18)23(13-6-14-30(3,27)28)22(21)12-11-16-15-17(24(25)26)9-10-20(16)29-22;1-3-2/h4-5,7-12,15H,6,13-14H2,1-3H3;3H,1H2,2H3. The van der Waals surface area contributed by atoms with Crippen molar-refractivity contribution in [1.29, 1.82) is 0 Å². The second-order valence-electron chi connectivity index (χ2n) is 8.80. The SMILES string of the molecule is C=CC.CC1(C)c2ccccc2N(CCCS(C)(=O)=O)C12C=Cc1cc([N+](=O)[O-])ccc1O2. The number of hydrogen-bond acceptors (Lipinski definition) is 6. The fourth-order valence-corrected chi connectivity index (χ4v) is 5.13. The van der Waals surface area contributed by atoms with Crippen LogP contribution in [0.25, 0.3) is 6.08 Å². The number of allylic oxidation sites excluding steroid dienone is 1. The summed E-state index contributed by atoms with van der Waals surface area (Å²) in [7, 11) is -3.08. The van der Waals surface area contributed by atoms with Gasteiger partial charge in [-0.1, -0.05) is 24.3 Å². The minimum absolute atomic E-state index is 0.0110. The van der Waals surface area contributed by atoms with Crippen molar-refractivity contribution in [2.45, 2.75) is 38.3 Å². The Morgan fingerprint density at radius 3 is 2.52 bits per heavy atom. The summed E-state index contributed by atoms with van der Waals surface area (Å²) in [6.45, 7) is 9.95. The van der Waals surface area contributed by atoms with E-state index in [1.807, 2.05) is 37.3 Å². The fraction of sp³-hybridized carbons (Fsp3) is 0.360. The summed E-state index contributed by atoms with van der Waals surface area (Å²) in [5.41, 5.74) is 1.47. The van der Waals surface area contributed by atoms with E-state index in [4.69, 9.17) is 4.74 Å². The van der Waals surface area contributed by atoms with E-state index in [2.05, 4.69) is 31.4 Å². The maximum atomic E-state index is 11.7. The van der Waals surface area contributed by atoms with Crippen LogP contribution in [-0.4, -0.2) is 37.6 Å². The topological polar surface area (TPSA) is 89.8 Å². The molecule has 176 valence electrons. The van der Waals surface area contributed by atoms with Crippen LogP contribution < -0.4 is 9.64 Å². The zero-order valence-electron chi connectivity index (χ0n) is 19.4. The van der Waals surface area contributed by atoms with Gasteiger partial charge in [0.1, 0.15) is 15.6 Å². The van der Waals surface area contributed by atoms with Crippen molar-refractivity contribution in [2.75, 3.05) is 23.5 Å². The largest absolute Gasteiger partial charge is 0.463 e. The van der Waals surface area contributed by atoms with Gasteiger partial charge < -0.3 is 9.64 Å².